The van der Waals surface area contributed by atoms with Crippen molar-refractivity contribution in [3.05, 3.63) is 35.9 Å². The maximum Gasteiger partial charge on any atom is 0.403 e. The molecule has 0 radical (unpaired) electrons. The van der Waals surface area contributed by atoms with Crippen LogP contribution in [0.4, 0.5) is 4.79 Å². The lowest BCUT2D eigenvalue weighted by Gasteiger charge is -1.92. The predicted molar refractivity (Wildman–Crippen MR) is 55.1 cm³/mol. The normalized spacial score (nSPS) is 8.64. The Kier molecular flexibility index (Phi) is 4.60. The molecular formula is C11H9ClO2. The standard InChI is InChI=1S/C11H9ClO2/c12-11(13)14-9-5-4-8-10-6-2-1-3-7-10/h1-3,6-7H,5,9H2. The van der Waals surface area contributed by atoms with Crippen LogP contribution >= 0.6 is 11.6 Å². The van der Waals surface area contributed by atoms with E-state index >= 15 is 0 Å². The largest absolute Gasteiger partial charge is 0.453 e. The van der Waals surface area contributed by atoms with E-state index in [0.29, 0.717) is 6.42 Å². The average Bonchev–Trinajstić information content (AvgIpc) is 2.18. The lowest BCUT2D eigenvalue weighted by Crippen LogP contribution is -1.94. The minimum Gasteiger partial charge on any atom is -0.453 e. The van der Waals surface area contributed by atoms with Gasteiger partial charge in [0.05, 0.1) is 0 Å². The summed E-state index contributed by atoms with van der Waals surface area (Å²) in [6.45, 7) is 0.238. The van der Waals surface area contributed by atoms with Crippen LogP contribution in [0.3, 0.4) is 0 Å². The molecule has 0 heterocycles. The lowest BCUT2D eigenvalue weighted by molar-refractivity contribution is 0.176. The van der Waals surface area contributed by atoms with Crippen LogP contribution in [0.1, 0.15) is 12.0 Å². The van der Waals surface area contributed by atoms with Gasteiger partial charge in [0.1, 0.15) is 6.61 Å². The highest BCUT2D eigenvalue weighted by atomic mass is 35.5. The third kappa shape index (κ3) is 4.54. The zero-order valence-corrected chi connectivity index (χ0v) is 8.25. The number of rotatable bonds is 2. The first kappa shape index (κ1) is 10.6. The molecule has 2 nitrogen and oxygen atoms in total. The fourth-order valence-electron chi connectivity index (χ4n) is 0.868. The summed E-state index contributed by atoms with van der Waals surface area (Å²) in [6.07, 6.45) is 0.493. The van der Waals surface area contributed by atoms with Crippen LogP contribution in [0, 0.1) is 11.8 Å². The zero-order chi connectivity index (χ0) is 10.2. The van der Waals surface area contributed by atoms with Gasteiger partial charge in [-0.3, -0.25) is 0 Å². The van der Waals surface area contributed by atoms with Crippen molar-refractivity contribution < 1.29 is 9.53 Å². The second kappa shape index (κ2) is 6.06. The summed E-state index contributed by atoms with van der Waals surface area (Å²) in [6, 6.07) is 9.60. The van der Waals surface area contributed by atoms with E-state index in [-0.39, 0.29) is 6.61 Å². The molecule has 0 atom stereocenters. The van der Waals surface area contributed by atoms with Crippen LogP contribution in [-0.2, 0) is 4.74 Å². The van der Waals surface area contributed by atoms with Crippen molar-refractivity contribution in [1.29, 1.82) is 0 Å². The van der Waals surface area contributed by atoms with Gasteiger partial charge in [-0.1, -0.05) is 30.0 Å². The number of carbonyl (C=O) groups is 1. The number of hydrogen-bond acceptors (Lipinski definition) is 2. The minimum atomic E-state index is -0.786. The Bertz CT molecular complexity index is 349. The molecule has 0 bridgehead atoms. The monoisotopic (exact) mass is 208 g/mol. The summed E-state index contributed by atoms with van der Waals surface area (Å²) in [7, 11) is 0. The van der Waals surface area contributed by atoms with Crippen molar-refractivity contribution in [3.63, 3.8) is 0 Å². The molecule has 0 aliphatic heterocycles. The van der Waals surface area contributed by atoms with Gasteiger partial charge in [-0.2, -0.15) is 0 Å². The summed E-state index contributed by atoms with van der Waals surface area (Å²) in [5, 5.41) is 0. The average molecular weight is 209 g/mol. The first-order chi connectivity index (χ1) is 6.79. The fraction of sp³-hybridized carbons (Fsp3) is 0.182. The van der Waals surface area contributed by atoms with Gasteiger partial charge in [0.15, 0.2) is 0 Å². The first-order valence-electron chi connectivity index (χ1n) is 4.15. The van der Waals surface area contributed by atoms with Crippen molar-refractivity contribution in [3.8, 4) is 11.8 Å². The van der Waals surface area contributed by atoms with E-state index in [1.807, 2.05) is 30.3 Å². The third-order valence-corrected chi connectivity index (χ3v) is 1.56. The third-order valence-electron chi connectivity index (χ3n) is 1.45. The van der Waals surface area contributed by atoms with Crippen LogP contribution in [0.15, 0.2) is 30.3 Å². The Morgan fingerprint density at radius 1 is 1.36 bits per heavy atom. The lowest BCUT2D eigenvalue weighted by atomic mass is 10.2. The number of hydrogen-bond donors (Lipinski definition) is 0. The molecule has 0 N–H and O–H groups in total. The van der Waals surface area contributed by atoms with E-state index in [0.717, 1.165) is 5.56 Å². The van der Waals surface area contributed by atoms with Gasteiger partial charge in [0.25, 0.3) is 0 Å². The van der Waals surface area contributed by atoms with Gasteiger partial charge in [-0.25, -0.2) is 4.79 Å². The summed E-state index contributed by atoms with van der Waals surface area (Å²) >= 11 is 4.96. The van der Waals surface area contributed by atoms with Crippen LogP contribution in [0.5, 0.6) is 0 Å². The Morgan fingerprint density at radius 2 is 2.07 bits per heavy atom. The van der Waals surface area contributed by atoms with Crippen molar-refractivity contribution in [2.45, 2.75) is 6.42 Å². The number of halogens is 1. The maximum atomic E-state index is 10.2. The van der Waals surface area contributed by atoms with Gasteiger partial charge < -0.3 is 4.74 Å². The van der Waals surface area contributed by atoms with Crippen molar-refractivity contribution in [1.82, 2.24) is 0 Å². The molecule has 0 aliphatic carbocycles. The molecule has 72 valence electrons. The topological polar surface area (TPSA) is 26.3 Å². The molecule has 1 rings (SSSR count). The highest BCUT2D eigenvalue weighted by Gasteiger charge is 1.91. The number of benzene rings is 1. The minimum absolute atomic E-state index is 0.238. The van der Waals surface area contributed by atoms with Gasteiger partial charge in [0, 0.05) is 23.6 Å². The summed E-state index contributed by atoms with van der Waals surface area (Å²) < 4.78 is 4.50. The summed E-state index contributed by atoms with van der Waals surface area (Å²) in [5.74, 6) is 5.81. The van der Waals surface area contributed by atoms with Crippen LogP contribution in [0.2, 0.25) is 0 Å². The molecule has 0 saturated heterocycles. The van der Waals surface area contributed by atoms with E-state index in [4.69, 9.17) is 11.6 Å². The molecule has 3 heteroatoms. The smallest absolute Gasteiger partial charge is 0.403 e. The number of carbonyl (C=O) groups excluding carboxylic acids is 1. The van der Waals surface area contributed by atoms with Crippen molar-refractivity contribution in [2.24, 2.45) is 0 Å². The highest BCUT2D eigenvalue weighted by Crippen LogP contribution is 1.95. The van der Waals surface area contributed by atoms with E-state index < -0.39 is 5.43 Å². The quantitative estimate of drug-likeness (QED) is 0.425. The van der Waals surface area contributed by atoms with Crippen LogP contribution in [0.25, 0.3) is 0 Å². The molecular weight excluding hydrogens is 200 g/mol. The second-order valence-corrected chi connectivity index (χ2v) is 2.81. The molecule has 0 aromatic heterocycles. The van der Waals surface area contributed by atoms with Crippen molar-refractivity contribution in [2.75, 3.05) is 6.61 Å². The first-order valence-corrected chi connectivity index (χ1v) is 4.53. The molecule has 0 aliphatic rings. The Hall–Kier alpha value is -1.46. The molecule has 0 amide bonds. The Balaban J connectivity index is 2.31. The summed E-state index contributed by atoms with van der Waals surface area (Å²) in [4.78, 5) is 10.2. The van der Waals surface area contributed by atoms with Crippen LogP contribution < -0.4 is 0 Å². The highest BCUT2D eigenvalue weighted by molar-refractivity contribution is 6.61. The van der Waals surface area contributed by atoms with Crippen LogP contribution in [-0.4, -0.2) is 12.0 Å². The molecule has 1 aromatic rings. The maximum absolute atomic E-state index is 10.2. The predicted octanol–water partition coefficient (Wildman–Crippen LogP) is 2.80. The molecule has 0 saturated carbocycles. The molecule has 1 aromatic carbocycles. The van der Waals surface area contributed by atoms with Gasteiger partial charge in [-0.15, -0.1) is 0 Å². The van der Waals surface area contributed by atoms with E-state index in [2.05, 4.69) is 16.6 Å². The zero-order valence-electron chi connectivity index (χ0n) is 7.50. The van der Waals surface area contributed by atoms with E-state index in [9.17, 15) is 4.79 Å². The SMILES string of the molecule is O=C(Cl)OCCC#Cc1ccccc1. The number of ether oxygens (including phenoxy) is 1. The van der Waals surface area contributed by atoms with Crippen molar-refractivity contribution >= 4 is 17.0 Å². The molecule has 0 spiro atoms. The Morgan fingerprint density at radius 3 is 2.71 bits per heavy atom. The molecule has 0 fully saturated rings. The summed E-state index contributed by atoms with van der Waals surface area (Å²) in [5.41, 5.74) is 0.163. The van der Waals surface area contributed by atoms with E-state index in [1.165, 1.54) is 0 Å². The van der Waals surface area contributed by atoms with Gasteiger partial charge >= 0.3 is 5.43 Å². The van der Waals surface area contributed by atoms with Gasteiger partial charge in [-0.05, 0) is 12.1 Å². The van der Waals surface area contributed by atoms with Gasteiger partial charge in [0.2, 0.25) is 0 Å². The Labute approximate surface area is 87.8 Å². The second-order valence-electron chi connectivity index (χ2n) is 2.50. The molecule has 0 unspecified atom stereocenters. The fourth-order valence-corrected chi connectivity index (χ4v) is 0.946. The molecule has 14 heavy (non-hydrogen) atoms. The van der Waals surface area contributed by atoms with E-state index in [1.54, 1.807) is 0 Å².